The minimum Gasteiger partial charge on any atom is -0.469 e. The number of methoxy groups -OCH3 is 1. The summed E-state index contributed by atoms with van der Waals surface area (Å²) in [4.78, 5) is 27.6. The number of carbonyl (C=O) groups is 2. The standard InChI is InChI=1S/C38H51BrO3/c1-23(2)27-15-18-38(33(41)42-8)20-19-36(6)28(31(27)38)13-14-30-35(5)22-25(21-24-9-11-26(39)12-10-24)32(40)34(3,4)29(35)16-17-37(30,36)7/h9-12,21,27-31H,1,13-20,22H2,2-8H3/b25-21-/t27-,28?,29?,30?,31?,35-,36+,37+,38?/m0/s1. The van der Waals surface area contributed by atoms with Crippen LogP contribution < -0.4 is 0 Å². The topological polar surface area (TPSA) is 43.4 Å². The van der Waals surface area contributed by atoms with Crippen molar-refractivity contribution in [2.24, 2.45) is 56.7 Å². The number of hydrogen-bond donors (Lipinski definition) is 0. The molecule has 0 amide bonds. The van der Waals surface area contributed by atoms with Crippen LogP contribution in [-0.4, -0.2) is 18.9 Å². The Kier molecular flexibility index (Phi) is 7.16. The van der Waals surface area contributed by atoms with Crippen LogP contribution in [0.3, 0.4) is 0 Å². The zero-order valence-corrected chi connectivity index (χ0v) is 28.5. The van der Waals surface area contributed by atoms with Gasteiger partial charge in [0, 0.05) is 9.89 Å². The molecule has 5 aliphatic rings. The van der Waals surface area contributed by atoms with Gasteiger partial charge in [0.2, 0.25) is 0 Å². The minimum absolute atomic E-state index is 0.0245. The second-order valence-electron chi connectivity index (χ2n) is 16.3. The highest BCUT2D eigenvalue weighted by atomic mass is 79.9. The molecule has 5 fully saturated rings. The third-order valence-corrected chi connectivity index (χ3v) is 15.0. The summed E-state index contributed by atoms with van der Waals surface area (Å²) in [5.41, 5.74) is 2.98. The molecular weight excluding hydrogens is 584 g/mol. The Balaban J connectivity index is 1.41. The Bertz CT molecular complexity index is 1340. The Morgan fingerprint density at radius 3 is 2.26 bits per heavy atom. The van der Waals surface area contributed by atoms with E-state index in [-0.39, 0.29) is 33.0 Å². The molecule has 0 bridgehead atoms. The highest BCUT2D eigenvalue weighted by Crippen LogP contribution is 2.77. The van der Waals surface area contributed by atoms with E-state index in [0.29, 0.717) is 35.4 Å². The lowest BCUT2D eigenvalue weighted by Crippen LogP contribution is -2.67. The van der Waals surface area contributed by atoms with Crippen LogP contribution in [0.25, 0.3) is 6.08 Å². The maximum atomic E-state index is 14.1. The first-order chi connectivity index (χ1) is 19.7. The predicted molar refractivity (Wildman–Crippen MR) is 173 cm³/mol. The molecule has 42 heavy (non-hydrogen) atoms. The first-order valence-corrected chi connectivity index (χ1v) is 17.2. The molecule has 5 aliphatic carbocycles. The van der Waals surface area contributed by atoms with Gasteiger partial charge in [-0.2, -0.15) is 0 Å². The molecule has 5 saturated carbocycles. The molecule has 0 aliphatic heterocycles. The maximum absolute atomic E-state index is 14.1. The number of fused-ring (bicyclic) bond motifs is 7. The molecule has 0 heterocycles. The second kappa shape index (κ2) is 9.91. The van der Waals surface area contributed by atoms with Gasteiger partial charge < -0.3 is 4.74 Å². The van der Waals surface area contributed by atoms with Gasteiger partial charge >= 0.3 is 5.97 Å². The van der Waals surface area contributed by atoms with Gasteiger partial charge in [0.25, 0.3) is 0 Å². The van der Waals surface area contributed by atoms with Crippen molar-refractivity contribution in [1.29, 1.82) is 0 Å². The molecular formula is C38H51BrO3. The minimum atomic E-state index is -0.379. The van der Waals surface area contributed by atoms with E-state index in [4.69, 9.17) is 4.74 Å². The molecule has 0 saturated heterocycles. The number of halogens is 1. The SMILES string of the molecule is C=C(C)[C@@H]1CCC2(C(=O)OC)CC[C@]3(C)C(CCC4[C@@]5(C)C/C(=C/c6ccc(Br)cc6)C(=O)C(C)(C)C5CC[C@]43C)C12. The van der Waals surface area contributed by atoms with Crippen molar-refractivity contribution in [3.05, 3.63) is 52.0 Å². The number of Topliss-reactive ketones (excluding diaryl/α,β-unsaturated/α-hetero) is 1. The van der Waals surface area contributed by atoms with Crippen LogP contribution in [0.15, 0.2) is 46.5 Å². The first-order valence-electron chi connectivity index (χ1n) is 16.4. The van der Waals surface area contributed by atoms with Crippen LogP contribution in [0.1, 0.15) is 105 Å². The number of benzene rings is 1. The van der Waals surface area contributed by atoms with Crippen LogP contribution in [-0.2, 0) is 14.3 Å². The van der Waals surface area contributed by atoms with Crippen LogP contribution in [0, 0.1) is 56.7 Å². The zero-order valence-electron chi connectivity index (χ0n) is 26.9. The predicted octanol–water partition coefficient (Wildman–Crippen LogP) is 9.84. The van der Waals surface area contributed by atoms with E-state index in [0.717, 1.165) is 60.6 Å². The van der Waals surface area contributed by atoms with Crippen molar-refractivity contribution >= 4 is 33.8 Å². The molecule has 5 unspecified atom stereocenters. The lowest BCUT2D eigenvalue weighted by molar-refractivity contribution is -0.232. The quantitative estimate of drug-likeness (QED) is 0.189. The van der Waals surface area contributed by atoms with Gasteiger partial charge in [0.05, 0.1) is 12.5 Å². The summed E-state index contributed by atoms with van der Waals surface area (Å²) in [7, 11) is 1.59. The Morgan fingerprint density at radius 1 is 0.929 bits per heavy atom. The van der Waals surface area contributed by atoms with Gasteiger partial charge in [-0.05, 0) is 140 Å². The van der Waals surface area contributed by atoms with Crippen LogP contribution >= 0.6 is 15.9 Å². The van der Waals surface area contributed by atoms with E-state index in [1.54, 1.807) is 7.11 Å². The molecule has 228 valence electrons. The second-order valence-corrected chi connectivity index (χ2v) is 17.2. The van der Waals surface area contributed by atoms with Gasteiger partial charge in [-0.15, -0.1) is 0 Å². The van der Waals surface area contributed by atoms with Gasteiger partial charge in [0.1, 0.15) is 0 Å². The number of allylic oxidation sites excluding steroid dienone is 2. The van der Waals surface area contributed by atoms with Crippen molar-refractivity contribution in [3.8, 4) is 0 Å². The van der Waals surface area contributed by atoms with Crippen molar-refractivity contribution in [1.82, 2.24) is 0 Å². The smallest absolute Gasteiger partial charge is 0.312 e. The van der Waals surface area contributed by atoms with E-state index < -0.39 is 0 Å². The fraction of sp³-hybridized carbons (Fsp3) is 0.684. The average Bonchev–Trinajstić information content (AvgIpc) is 3.34. The first kappa shape index (κ1) is 30.4. The lowest BCUT2D eigenvalue weighted by Gasteiger charge is -2.72. The molecule has 0 N–H and O–H groups in total. The summed E-state index contributed by atoms with van der Waals surface area (Å²) in [5.74, 6) is 2.50. The number of ether oxygens (including phenoxy) is 1. The number of rotatable bonds is 3. The van der Waals surface area contributed by atoms with E-state index in [1.807, 2.05) is 0 Å². The highest BCUT2D eigenvalue weighted by molar-refractivity contribution is 9.10. The molecule has 9 atom stereocenters. The van der Waals surface area contributed by atoms with Crippen molar-refractivity contribution in [2.75, 3.05) is 7.11 Å². The summed E-state index contributed by atoms with van der Waals surface area (Å²) in [6.07, 6.45) is 11.7. The molecule has 1 aromatic rings. The monoisotopic (exact) mass is 634 g/mol. The number of esters is 1. The third-order valence-electron chi connectivity index (χ3n) is 14.5. The summed E-state index contributed by atoms with van der Waals surface area (Å²) in [6, 6.07) is 8.35. The fourth-order valence-corrected chi connectivity index (χ4v) is 12.7. The normalized spacial score (nSPS) is 44.9. The number of ketones is 1. The molecule has 1 aromatic carbocycles. The van der Waals surface area contributed by atoms with Crippen LogP contribution in [0.5, 0.6) is 0 Å². The van der Waals surface area contributed by atoms with E-state index in [9.17, 15) is 9.59 Å². The molecule has 4 heteroatoms. The Hall–Kier alpha value is -1.68. The highest BCUT2D eigenvalue weighted by Gasteiger charge is 2.72. The van der Waals surface area contributed by atoms with Gasteiger partial charge in [0.15, 0.2) is 5.78 Å². The molecule has 0 spiro atoms. The Labute approximate surface area is 262 Å². The van der Waals surface area contributed by atoms with Crippen LogP contribution in [0.4, 0.5) is 0 Å². The van der Waals surface area contributed by atoms with Crippen molar-refractivity contribution in [2.45, 2.75) is 99.3 Å². The molecule has 3 nitrogen and oxygen atoms in total. The molecule has 0 radical (unpaired) electrons. The molecule has 0 aromatic heterocycles. The van der Waals surface area contributed by atoms with Gasteiger partial charge in [-0.1, -0.05) is 74.8 Å². The average molecular weight is 636 g/mol. The summed E-state index contributed by atoms with van der Waals surface area (Å²) in [5, 5.41) is 0. The van der Waals surface area contributed by atoms with Crippen molar-refractivity contribution < 1.29 is 14.3 Å². The fourth-order valence-electron chi connectivity index (χ4n) is 12.4. The Morgan fingerprint density at radius 2 is 1.62 bits per heavy atom. The maximum Gasteiger partial charge on any atom is 0.312 e. The van der Waals surface area contributed by atoms with Gasteiger partial charge in [-0.25, -0.2) is 0 Å². The number of carbonyl (C=O) groups excluding carboxylic acids is 2. The largest absolute Gasteiger partial charge is 0.469 e. The number of hydrogen-bond acceptors (Lipinski definition) is 3. The van der Waals surface area contributed by atoms with Crippen molar-refractivity contribution in [3.63, 3.8) is 0 Å². The van der Waals surface area contributed by atoms with Gasteiger partial charge in [-0.3, -0.25) is 9.59 Å². The van der Waals surface area contributed by atoms with E-state index in [1.165, 1.54) is 18.4 Å². The zero-order chi connectivity index (χ0) is 30.5. The van der Waals surface area contributed by atoms with E-state index >= 15 is 0 Å². The summed E-state index contributed by atoms with van der Waals surface area (Å²) in [6.45, 7) is 18.8. The third kappa shape index (κ3) is 3.94. The lowest BCUT2D eigenvalue weighted by atomic mass is 9.32. The van der Waals surface area contributed by atoms with Crippen LogP contribution in [0.2, 0.25) is 0 Å². The molecule has 6 rings (SSSR count). The summed E-state index contributed by atoms with van der Waals surface area (Å²) < 4.78 is 6.60. The van der Waals surface area contributed by atoms with E-state index in [2.05, 4.69) is 94.4 Å². The summed E-state index contributed by atoms with van der Waals surface area (Å²) >= 11 is 3.56.